The molecule has 2 aliphatic heterocycles. The summed E-state index contributed by atoms with van der Waals surface area (Å²) < 4.78 is 58.5. The summed E-state index contributed by atoms with van der Waals surface area (Å²) in [7, 11) is 0. The van der Waals surface area contributed by atoms with Crippen LogP contribution in [0.25, 0.3) is 0 Å². The molecule has 11 heteroatoms. The zero-order chi connectivity index (χ0) is 24.4. The van der Waals surface area contributed by atoms with Crippen LogP contribution in [-0.2, 0) is 10.6 Å². The number of carbonyl (C=O) groups excluding carboxylic acids is 1. The average molecular weight is 470 g/mol. The second kappa shape index (κ2) is 9.26. The van der Waals surface area contributed by atoms with E-state index in [2.05, 4.69) is 11.4 Å². The third-order valence-corrected chi connectivity index (χ3v) is 5.38. The Bertz CT molecular complexity index is 1050. The van der Waals surface area contributed by atoms with Crippen LogP contribution in [0.3, 0.4) is 0 Å². The van der Waals surface area contributed by atoms with Gasteiger partial charge >= 0.3 is 12.1 Å². The van der Waals surface area contributed by atoms with Gasteiger partial charge in [0.25, 0.3) is 5.79 Å². The number of halogens is 4. The second-order valence-corrected chi connectivity index (χ2v) is 7.71. The molecule has 1 fully saturated rings. The maximum Gasteiger partial charge on any atom is 0.490 e. The van der Waals surface area contributed by atoms with E-state index in [4.69, 9.17) is 25.1 Å². The topological polar surface area (TPSA) is 111 Å². The normalized spacial score (nSPS) is 20.0. The van der Waals surface area contributed by atoms with Crippen molar-refractivity contribution in [2.45, 2.75) is 37.6 Å². The van der Waals surface area contributed by atoms with E-state index in [0.29, 0.717) is 17.4 Å². The number of carboxylic acids is 1. The van der Waals surface area contributed by atoms with E-state index in [1.54, 1.807) is 6.92 Å². The zero-order valence-electron chi connectivity index (χ0n) is 17.5. The average Bonchev–Trinajstić information content (AvgIpc) is 3.11. The molecule has 0 spiro atoms. The highest BCUT2D eigenvalue weighted by Crippen LogP contribution is 2.49. The Morgan fingerprint density at radius 1 is 1.15 bits per heavy atom. The van der Waals surface area contributed by atoms with Crippen molar-refractivity contribution in [2.75, 3.05) is 13.1 Å². The van der Waals surface area contributed by atoms with E-state index in [1.165, 1.54) is 12.1 Å². The number of ether oxygens (including phenoxy) is 2. The molecule has 2 aliphatic rings. The molecule has 2 heterocycles. The number of nitrogens with two attached hydrogens (primary N) is 1. The fourth-order valence-electron chi connectivity index (χ4n) is 3.75. The summed E-state index contributed by atoms with van der Waals surface area (Å²) in [5, 5.41) is 10.5. The fourth-order valence-corrected chi connectivity index (χ4v) is 3.75. The summed E-state index contributed by atoms with van der Waals surface area (Å²) in [6.07, 6.45) is -3.03. The van der Waals surface area contributed by atoms with Gasteiger partial charge in [0.15, 0.2) is 11.5 Å². The molecular formula is C22H22F4N2O5. The van der Waals surface area contributed by atoms with Gasteiger partial charge in [0, 0.05) is 18.1 Å². The summed E-state index contributed by atoms with van der Waals surface area (Å²) in [6, 6.07) is 9.92. The third-order valence-electron chi connectivity index (χ3n) is 5.38. The Labute approximate surface area is 186 Å². The lowest BCUT2D eigenvalue weighted by molar-refractivity contribution is -0.192. The van der Waals surface area contributed by atoms with Crippen LogP contribution < -0.4 is 20.5 Å². The Morgan fingerprint density at radius 2 is 1.79 bits per heavy atom. The van der Waals surface area contributed by atoms with Crippen molar-refractivity contribution in [2.24, 2.45) is 5.73 Å². The van der Waals surface area contributed by atoms with E-state index in [9.17, 15) is 22.4 Å². The maximum absolute atomic E-state index is 14.6. The number of benzene rings is 2. The number of rotatable bonds is 3. The highest BCUT2D eigenvalue weighted by molar-refractivity contribution is 5.92. The summed E-state index contributed by atoms with van der Waals surface area (Å²) >= 11 is 0. The van der Waals surface area contributed by atoms with Crippen LogP contribution in [0.4, 0.5) is 17.6 Å². The first kappa shape index (κ1) is 24.3. The number of hydrogen-bond acceptors (Lipinski definition) is 5. The molecule has 7 nitrogen and oxygen atoms in total. The van der Waals surface area contributed by atoms with Gasteiger partial charge in [-0.15, -0.1) is 0 Å². The summed E-state index contributed by atoms with van der Waals surface area (Å²) in [5.41, 5.74) is 6.66. The highest BCUT2D eigenvalue weighted by atomic mass is 19.4. The van der Waals surface area contributed by atoms with Gasteiger partial charge in [-0.1, -0.05) is 12.1 Å². The van der Waals surface area contributed by atoms with Crippen molar-refractivity contribution in [1.29, 1.82) is 0 Å². The monoisotopic (exact) mass is 470 g/mol. The van der Waals surface area contributed by atoms with E-state index in [-0.39, 0.29) is 11.1 Å². The number of nitrogens with one attached hydrogen (secondary N) is 1. The van der Waals surface area contributed by atoms with Crippen LogP contribution in [0.1, 0.15) is 47.2 Å². The molecule has 0 radical (unpaired) electrons. The minimum atomic E-state index is -5.08. The van der Waals surface area contributed by atoms with Gasteiger partial charge in [0.1, 0.15) is 5.82 Å². The van der Waals surface area contributed by atoms with Crippen LogP contribution >= 0.6 is 0 Å². The number of aliphatic carboxylic acids is 1. The van der Waals surface area contributed by atoms with E-state index in [1.807, 2.05) is 12.1 Å². The van der Waals surface area contributed by atoms with Gasteiger partial charge < -0.3 is 25.6 Å². The number of carbonyl (C=O) groups is 2. The van der Waals surface area contributed by atoms with Gasteiger partial charge in [-0.2, -0.15) is 13.2 Å². The molecular weight excluding hydrogens is 448 g/mol. The molecule has 1 atom stereocenters. The lowest BCUT2D eigenvalue weighted by Gasteiger charge is -2.26. The first-order valence-corrected chi connectivity index (χ1v) is 10.0. The minimum absolute atomic E-state index is 0.112. The van der Waals surface area contributed by atoms with E-state index < -0.39 is 29.7 Å². The van der Waals surface area contributed by atoms with Crippen molar-refractivity contribution in [3.05, 3.63) is 58.9 Å². The summed E-state index contributed by atoms with van der Waals surface area (Å²) in [6.45, 7) is 3.62. The van der Waals surface area contributed by atoms with E-state index >= 15 is 0 Å². The Morgan fingerprint density at radius 3 is 2.33 bits per heavy atom. The molecule has 4 rings (SSSR count). The first-order valence-electron chi connectivity index (χ1n) is 10.0. The predicted octanol–water partition coefficient (Wildman–Crippen LogP) is 3.67. The molecule has 33 heavy (non-hydrogen) atoms. The quantitative estimate of drug-likeness (QED) is 0.591. The zero-order valence-corrected chi connectivity index (χ0v) is 17.5. The van der Waals surface area contributed by atoms with E-state index in [0.717, 1.165) is 37.6 Å². The molecule has 0 bridgehead atoms. The number of fused-ring (bicyclic) bond motifs is 1. The van der Waals surface area contributed by atoms with Crippen LogP contribution in [0, 0.1) is 5.82 Å². The number of para-hydroxylation sites is 1. The third kappa shape index (κ3) is 5.36. The first-order chi connectivity index (χ1) is 15.4. The molecule has 2 aromatic carbocycles. The summed E-state index contributed by atoms with van der Waals surface area (Å²) in [4.78, 5) is 20.1. The lowest BCUT2D eigenvalue weighted by Crippen LogP contribution is -2.33. The number of piperidine rings is 1. The second-order valence-electron chi connectivity index (χ2n) is 7.71. The van der Waals surface area contributed by atoms with Crippen molar-refractivity contribution < 1.29 is 41.7 Å². The highest BCUT2D eigenvalue weighted by Gasteiger charge is 2.43. The maximum atomic E-state index is 14.6. The molecule has 0 unspecified atom stereocenters. The molecule has 2 aromatic rings. The standard InChI is InChI=1S/C20H21FN2O3.C2HF3O2/c1-20(15-6-5-13(19(22)24)11-16(15)21)25-17-4-2-3-14(18(17)26-20)12-7-9-23-10-8-12;3-2(4,5)1(6)7/h2-6,11-12,23H,7-10H2,1H3,(H2,22,24);(H,6,7)/t20-;/m0./s1. The van der Waals surface area contributed by atoms with Crippen LogP contribution in [-0.4, -0.2) is 36.2 Å². The Kier molecular flexibility index (Phi) is 6.82. The molecule has 0 saturated carbocycles. The van der Waals surface area contributed by atoms with Crippen molar-refractivity contribution in [3.63, 3.8) is 0 Å². The van der Waals surface area contributed by atoms with Gasteiger partial charge in [-0.05, 0) is 56.1 Å². The number of primary amides is 1. The van der Waals surface area contributed by atoms with Crippen LogP contribution in [0.2, 0.25) is 0 Å². The molecule has 178 valence electrons. The largest absolute Gasteiger partial charge is 0.490 e. The van der Waals surface area contributed by atoms with Gasteiger partial charge in [0.05, 0.1) is 5.56 Å². The van der Waals surface area contributed by atoms with Gasteiger partial charge in [-0.25, -0.2) is 9.18 Å². The van der Waals surface area contributed by atoms with Crippen molar-refractivity contribution in [3.8, 4) is 11.5 Å². The number of amides is 1. The van der Waals surface area contributed by atoms with Crippen molar-refractivity contribution >= 4 is 11.9 Å². The smallest absolute Gasteiger partial charge is 0.475 e. The number of alkyl halides is 3. The Hall–Kier alpha value is -3.34. The summed E-state index contributed by atoms with van der Waals surface area (Å²) in [5.74, 6) is -3.62. The van der Waals surface area contributed by atoms with Gasteiger partial charge in [0.2, 0.25) is 5.91 Å². The predicted molar refractivity (Wildman–Crippen MR) is 109 cm³/mol. The molecule has 0 aliphatic carbocycles. The number of carboxylic acid groups (broad SMARTS) is 1. The van der Waals surface area contributed by atoms with Crippen molar-refractivity contribution in [1.82, 2.24) is 5.32 Å². The minimum Gasteiger partial charge on any atom is -0.475 e. The number of hydrogen-bond donors (Lipinski definition) is 3. The lowest BCUT2D eigenvalue weighted by atomic mass is 9.89. The molecule has 4 N–H and O–H groups in total. The molecule has 1 amide bonds. The SMILES string of the molecule is C[C@]1(c2ccc(C(N)=O)cc2F)Oc2cccc(C3CCNCC3)c2O1.O=C(O)C(F)(F)F. The van der Waals surface area contributed by atoms with Gasteiger partial charge in [-0.3, -0.25) is 4.79 Å². The fraction of sp³-hybridized carbons (Fsp3) is 0.364. The molecule has 0 aromatic heterocycles. The Balaban J connectivity index is 0.000000383. The molecule has 1 saturated heterocycles. The van der Waals surface area contributed by atoms with Crippen LogP contribution in [0.5, 0.6) is 11.5 Å². The van der Waals surface area contributed by atoms with Crippen LogP contribution in [0.15, 0.2) is 36.4 Å².